The van der Waals surface area contributed by atoms with Gasteiger partial charge in [-0.25, -0.2) is 0 Å². The summed E-state index contributed by atoms with van der Waals surface area (Å²) in [4.78, 5) is 12.0. The van der Waals surface area contributed by atoms with E-state index in [0.717, 1.165) is 10.0 Å². The predicted octanol–water partition coefficient (Wildman–Crippen LogP) is 3.14. The molecule has 4 nitrogen and oxygen atoms in total. The Bertz CT molecular complexity index is 621. The summed E-state index contributed by atoms with van der Waals surface area (Å²) in [5, 5.41) is 7.06. The Morgan fingerprint density at radius 2 is 2.15 bits per heavy atom. The van der Waals surface area contributed by atoms with Gasteiger partial charge in [0.15, 0.2) is 0 Å². The lowest BCUT2D eigenvalue weighted by molar-refractivity contribution is -0.122. The number of benzene rings is 1. The van der Waals surface area contributed by atoms with Gasteiger partial charge in [-0.3, -0.25) is 9.48 Å². The summed E-state index contributed by atoms with van der Waals surface area (Å²) in [5.41, 5.74) is 3.61. The van der Waals surface area contributed by atoms with Crippen molar-refractivity contribution < 1.29 is 4.79 Å². The molecule has 20 heavy (non-hydrogen) atoms. The summed E-state index contributed by atoms with van der Waals surface area (Å²) in [6.45, 7) is 6.37. The summed E-state index contributed by atoms with van der Waals surface area (Å²) >= 11 is 3.31. The molecule has 1 amide bonds. The first-order valence-corrected chi connectivity index (χ1v) is 7.29. The Morgan fingerprint density at radius 3 is 2.75 bits per heavy atom. The van der Waals surface area contributed by atoms with Crippen LogP contribution in [0.25, 0.3) is 0 Å². The standard InChI is InChI=1S/C15H18BrN3O/c1-10-4-5-13(6-11(10)2)12(3)18-15(20)9-19-8-14(16)7-17-19/h4-8,12H,9H2,1-3H3,(H,18,20). The number of aromatic nitrogens is 2. The highest BCUT2D eigenvalue weighted by atomic mass is 79.9. The van der Waals surface area contributed by atoms with Crippen molar-refractivity contribution in [3.05, 3.63) is 51.8 Å². The van der Waals surface area contributed by atoms with Gasteiger partial charge in [-0.1, -0.05) is 18.2 Å². The molecular weight excluding hydrogens is 318 g/mol. The SMILES string of the molecule is Cc1ccc(C(C)NC(=O)Cn2cc(Br)cn2)cc1C. The molecule has 1 atom stereocenters. The average molecular weight is 336 g/mol. The molecule has 0 bridgehead atoms. The molecule has 1 aromatic carbocycles. The fourth-order valence-electron chi connectivity index (χ4n) is 1.98. The molecule has 106 valence electrons. The van der Waals surface area contributed by atoms with E-state index in [-0.39, 0.29) is 18.5 Å². The fourth-order valence-corrected chi connectivity index (χ4v) is 2.30. The molecule has 0 radical (unpaired) electrons. The normalized spacial score (nSPS) is 12.2. The van der Waals surface area contributed by atoms with Gasteiger partial charge in [0, 0.05) is 6.20 Å². The summed E-state index contributed by atoms with van der Waals surface area (Å²) in [5.74, 6) is -0.0497. The van der Waals surface area contributed by atoms with Crippen LogP contribution in [-0.2, 0) is 11.3 Å². The van der Waals surface area contributed by atoms with Gasteiger partial charge in [0.05, 0.1) is 16.7 Å². The van der Waals surface area contributed by atoms with Crippen LogP contribution < -0.4 is 5.32 Å². The van der Waals surface area contributed by atoms with Crippen LogP contribution in [0.4, 0.5) is 0 Å². The highest BCUT2D eigenvalue weighted by Gasteiger charge is 2.11. The maximum absolute atomic E-state index is 12.0. The molecule has 0 fully saturated rings. The molecule has 2 rings (SSSR count). The van der Waals surface area contributed by atoms with E-state index in [0.29, 0.717) is 0 Å². The molecule has 0 aliphatic rings. The minimum atomic E-state index is -0.0497. The first-order chi connectivity index (χ1) is 9.45. The second-order valence-corrected chi connectivity index (χ2v) is 5.90. The van der Waals surface area contributed by atoms with Crippen LogP contribution in [0.15, 0.2) is 35.1 Å². The van der Waals surface area contributed by atoms with Gasteiger partial charge < -0.3 is 5.32 Å². The van der Waals surface area contributed by atoms with E-state index in [2.05, 4.69) is 58.4 Å². The molecule has 0 aliphatic heterocycles. The minimum Gasteiger partial charge on any atom is -0.348 e. The van der Waals surface area contributed by atoms with Crippen LogP contribution in [0.2, 0.25) is 0 Å². The monoisotopic (exact) mass is 335 g/mol. The Labute approximate surface area is 127 Å². The first-order valence-electron chi connectivity index (χ1n) is 6.50. The van der Waals surface area contributed by atoms with Crippen molar-refractivity contribution in [2.24, 2.45) is 0 Å². The second kappa shape index (κ2) is 6.22. The third-order valence-electron chi connectivity index (χ3n) is 3.32. The number of aryl methyl sites for hydroxylation is 2. The molecule has 5 heteroatoms. The first kappa shape index (κ1) is 14.8. The van der Waals surface area contributed by atoms with Crippen LogP contribution >= 0.6 is 15.9 Å². The van der Waals surface area contributed by atoms with Crippen molar-refractivity contribution >= 4 is 21.8 Å². The lowest BCUT2D eigenvalue weighted by Gasteiger charge is -2.15. The molecule has 0 aliphatic carbocycles. The zero-order chi connectivity index (χ0) is 14.7. The smallest absolute Gasteiger partial charge is 0.242 e. The van der Waals surface area contributed by atoms with E-state index in [4.69, 9.17) is 0 Å². The van der Waals surface area contributed by atoms with Crippen LogP contribution in [0.1, 0.15) is 29.7 Å². The lowest BCUT2D eigenvalue weighted by Crippen LogP contribution is -2.30. The van der Waals surface area contributed by atoms with Crippen molar-refractivity contribution in [1.29, 1.82) is 0 Å². The number of nitrogens with one attached hydrogen (secondary N) is 1. The van der Waals surface area contributed by atoms with Crippen LogP contribution in [-0.4, -0.2) is 15.7 Å². The maximum atomic E-state index is 12.0. The molecule has 1 N–H and O–H groups in total. The highest BCUT2D eigenvalue weighted by molar-refractivity contribution is 9.10. The van der Waals surface area contributed by atoms with Gasteiger partial charge in [-0.2, -0.15) is 5.10 Å². The molecule has 0 spiro atoms. The van der Waals surface area contributed by atoms with Crippen LogP contribution in [0.3, 0.4) is 0 Å². The van der Waals surface area contributed by atoms with E-state index in [1.165, 1.54) is 11.1 Å². The Morgan fingerprint density at radius 1 is 1.40 bits per heavy atom. The van der Waals surface area contributed by atoms with E-state index >= 15 is 0 Å². The third-order valence-corrected chi connectivity index (χ3v) is 3.73. The predicted molar refractivity (Wildman–Crippen MR) is 82.4 cm³/mol. The molecule has 1 heterocycles. The highest BCUT2D eigenvalue weighted by Crippen LogP contribution is 2.16. The number of amides is 1. The van der Waals surface area contributed by atoms with E-state index in [9.17, 15) is 4.79 Å². The number of carbonyl (C=O) groups excluding carboxylic acids is 1. The fraction of sp³-hybridized carbons (Fsp3) is 0.333. The summed E-state index contributed by atoms with van der Waals surface area (Å²) in [7, 11) is 0. The minimum absolute atomic E-state index is 0.0131. The number of halogens is 1. The lowest BCUT2D eigenvalue weighted by atomic mass is 10.0. The van der Waals surface area contributed by atoms with Gasteiger partial charge in [0.1, 0.15) is 6.54 Å². The molecule has 1 unspecified atom stereocenters. The van der Waals surface area contributed by atoms with Crippen molar-refractivity contribution in [3.8, 4) is 0 Å². The number of rotatable bonds is 4. The van der Waals surface area contributed by atoms with Gasteiger partial charge in [-0.05, 0) is 53.4 Å². The molecule has 1 aromatic heterocycles. The Kier molecular flexibility index (Phi) is 4.60. The average Bonchev–Trinajstić information content (AvgIpc) is 2.77. The third kappa shape index (κ3) is 3.70. The molecule has 0 saturated heterocycles. The topological polar surface area (TPSA) is 46.9 Å². The van der Waals surface area contributed by atoms with E-state index in [1.54, 1.807) is 17.1 Å². The van der Waals surface area contributed by atoms with Gasteiger partial charge >= 0.3 is 0 Å². The van der Waals surface area contributed by atoms with Crippen molar-refractivity contribution in [1.82, 2.24) is 15.1 Å². The largest absolute Gasteiger partial charge is 0.348 e. The van der Waals surface area contributed by atoms with Crippen molar-refractivity contribution in [2.45, 2.75) is 33.4 Å². The Hall–Kier alpha value is -1.62. The quantitative estimate of drug-likeness (QED) is 0.932. The van der Waals surface area contributed by atoms with Crippen molar-refractivity contribution in [2.75, 3.05) is 0 Å². The number of hydrogen-bond acceptors (Lipinski definition) is 2. The van der Waals surface area contributed by atoms with Crippen molar-refractivity contribution in [3.63, 3.8) is 0 Å². The summed E-state index contributed by atoms with van der Waals surface area (Å²) < 4.78 is 2.47. The maximum Gasteiger partial charge on any atom is 0.242 e. The number of nitrogens with zero attached hydrogens (tertiary/aromatic N) is 2. The molecule has 0 saturated carbocycles. The zero-order valence-electron chi connectivity index (χ0n) is 11.9. The number of carbonyl (C=O) groups is 1. The zero-order valence-corrected chi connectivity index (χ0v) is 13.4. The molecular formula is C15H18BrN3O. The van der Waals surface area contributed by atoms with Crippen LogP contribution in [0, 0.1) is 13.8 Å². The van der Waals surface area contributed by atoms with E-state index < -0.39 is 0 Å². The van der Waals surface area contributed by atoms with E-state index in [1.807, 2.05) is 6.92 Å². The summed E-state index contributed by atoms with van der Waals surface area (Å²) in [6.07, 6.45) is 3.44. The second-order valence-electron chi connectivity index (χ2n) is 4.99. The van der Waals surface area contributed by atoms with Gasteiger partial charge in [-0.15, -0.1) is 0 Å². The van der Waals surface area contributed by atoms with Gasteiger partial charge in [0.25, 0.3) is 0 Å². The molecule has 2 aromatic rings. The Balaban J connectivity index is 1.98. The summed E-state index contributed by atoms with van der Waals surface area (Å²) in [6, 6.07) is 6.24. The van der Waals surface area contributed by atoms with Gasteiger partial charge in [0.2, 0.25) is 5.91 Å². The van der Waals surface area contributed by atoms with Crippen LogP contribution in [0.5, 0.6) is 0 Å². The number of hydrogen-bond donors (Lipinski definition) is 1.